The highest BCUT2D eigenvalue weighted by Crippen LogP contribution is 2.23. The van der Waals surface area contributed by atoms with Crippen LogP contribution >= 0.6 is 0 Å². The number of hydrogen-bond donors (Lipinski definition) is 1. The standard InChI is InChI=1S/C25H24N6O2/c32-25(28-21-8-9-23(27-16-21)30-11-13-33-14-12-30)22-18-31(17-19-5-2-1-3-6-19)29-24(22)20-7-4-10-26-15-20/h1-10,15-16,18H,11-14,17H2,(H,28,32). The molecule has 166 valence electrons. The van der Waals surface area contributed by atoms with E-state index < -0.39 is 0 Å². The van der Waals surface area contributed by atoms with Gasteiger partial charge in [0.2, 0.25) is 0 Å². The average molecular weight is 441 g/mol. The van der Waals surface area contributed by atoms with Crippen molar-refractivity contribution < 1.29 is 9.53 Å². The fraction of sp³-hybridized carbons (Fsp3) is 0.200. The molecule has 1 saturated heterocycles. The predicted molar refractivity (Wildman–Crippen MR) is 126 cm³/mol. The van der Waals surface area contributed by atoms with E-state index in [1.807, 2.05) is 54.6 Å². The summed E-state index contributed by atoms with van der Waals surface area (Å²) in [4.78, 5) is 24.1. The van der Waals surface area contributed by atoms with Crippen molar-refractivity contribution in [1.29, 1.82) is 0 Å². The highest BCUT2D eigenvalue weighted by Gasteiger charge is 2.19. The van der Waals surface area contributed by atoms with Gasteiger partial charge in [0.15, 0.2) is 0 Å². The zero-order chi connectivity index (χ0) is 22.5. The minimum Gasteiger partial charge on any atom is -0.378 e. The number of nitrogens with zero attached hydrogens (tertiary/aromatic N) is 5. The summed E-state index contributed by atoms with van der Waals surface area (Å²) in [7, 11) is 0. The molecule has 0 unspecified atom stereocenters. The van der Waals surface area contributed by atoms with E-state index in [-0.39, 0.29) is 5.91 Å². The molecule has 8 heteroatoms. The normalized spacial score (nSPS) is 13.6. The van der Waals surface area contributed by atoms with Crippen molar-refractivity contribution in [2.75, 3.05) is 36.5 Å². The van der Waals surface area contributed by atoms with Crippen molar-refractivity contribution >= 4 is 17.4 Å². The molecule has 1 N–H and O–H groups in total. The molecule has 8 nitrogen and oxygen atoms in total. The Balaban J connectivity index is 1.38. The maximum Gasteiger partial charge on any atom is 0.259 e. The van der Waals surface area contributed by atoms with E-state index in [0.717, 1.165) is 30.0 Å². The molecule has 4 aromatic rings. The van der Waals surface area contributed by atoms with Gasteiger partial charge in [0.05, 0.1) is 37.2 Å². The number of nitrogens with one attached hydrogen (secondary N) is 1. The first-order valence-electron chi connectivity index (χ1n) is 10.9. The van der Waals surface area contributed by atoms with Crippen LogP contribution in [0, 0.1) is 0 Å². The zero-order valence-electron chi connectivity index (χ0n) is 18.1. The van der Waals surface area contributed by atoms with Crippen LogP contribution in [-0.4, -0.2) is 52.0 Å². The van der Waals surface area contributed by atoms with Crippen LogP contribution in [0.5, 0.6) is 0 Å². The number of morpholine rings is 1. The van der Waals surface area contributed by atoms with Gasteiger partial charge in [-0.1, -0.05) is 30.3 Å². The van der Waals surface area contributed by atoms with E-state index in [2.05, 4.69) is 20.2 Å². The molecule has 0 radical (unpaired) electrons. The second-order valence-electron chi connectivity index (χ2n) is 7.77. The van der Waals surface area contributed by atoms with Crippen LogP contribution in [0.25, 0.3) is 11.3 Å². The summed E-state index contributed by atoms with van der Waals surface area (Å²) in [5.74, 6) is 0.636. The van der Waals surface area contributed by atoms with Gasteiger partial charge in [-0.15, -0.1) is 0 Å². The van der Waals surface area contributed by atoms with Gasteiger partial charge in [0.25, 0.3) is 5.91 Å². The van der Waals surface area contributed by atoms with Gasteiger partial charge in [-0.3, -0.25) is 14.5 Å². The molecule has 1 amide bonds. The highest BCUT2D eigenvalue weighted by molar-refractivity contribution is 6.08. The number of aromatic nitrogens is 4. The summed E-state index contributed by atoms with van der Waals surface area (Å²) in [6.45, 7) is 3.59. The van der Waals surface area contributed by atoms with Crippen LogP contribution in [-0.2, 0) is 11.3 Å². The topological polar surface area (TPSA) is 85.2 Å². The lowest BCUT2D eigenvalue weighted by atomic mass is 10.1. The van der Waals surface area contributed by atoms with Crippen molar-refractivity contribution in [3.05, 3.63) is 90.5 Å². The lowest BCUT2D eigenvalue weighted by Crippen LogP contribution is -2.36. The second kappa shape index (κ2) is 9.62. The first-order valence-corrected chi connectivity index (χ1v) is 10.9. The van der Waals surface area contributed by atoms with Gasteiger partial charge in [-0.2, -0.15) is 5.10 Å². The summed E-state index contributed by atoms with van der Waals surface area (Å²) in [6.07, 6.45) is 6.87. The molecule has 1 aliphatic heterocycles. The zero-order valence-corrected chi connectivity index (χ0v) is 18.1. The van der Waals surface area contributed by atoms with E-state index in [1.54, 1.807) is 29.5 Å². The van der Waals surface area contributed by atoms with E-state index in [0.29, 0.717) is 36.7 Å². The van der Waals surface area contributed by atoms with Crippen molar-refractivity contribution in [2.45, 2.75) is 6.54 Å². The van der Waals surface area contributed by atoms with E-state index in [1.165, 1.54) is 0 Å². The molecule has 3 aromatic heterocycles. The lowest BCUT2D eigenvalue weighted by Gasteiger charge is -2.27. The number of pyridine rings is 2. The summed E-state index contributed by atoms with van der Waals surface area (Å²) in [6, 6.07) is 17.5. The second-order valence-corrected chi connectivity index (χ2v) is 7.77. The van der Waals surface area contributed by atoms with Gasteiger partial charge in [0.1, 0.15) is 11.5 Å². The molecule has 5 rings (SSSR count). The molecule has 1 fully saturated rings. The summed E-state index contributed by atoms with van der Waals surface area (Å²) < 4.78 is 7.18. The third-order valence-electron chi connectivity index (χ3n) is 5.47. The van der Waals surface area contributed by atoms with Gasteiger partial charge in [0, 0.05) is 37.2 Å². The first-order chi connectivity index (χ1) is 16.3. The number of hydrogen-bond acceptors (Lipinski definition) is 6. The number of carbonyl (C=O) groups excluding carboxylic acids is 1. The molecular formula is C25H24N6O2. The molecule has 4 heterocycles. The maximum atomic E-state index is 13.2. The Hall–Kier alpha value is -4.04. The molecule has 0 spiro atoms. The summed E-state index contributed by atoms with van der Waals surface area (Å²) in [5, 5.41) is 7.65. The van der Waals surface area contributed by atoms with Crippen molar-refractivity contribution in [3.63, 3.8) is 0 Å². The SMILES string of the molecule is O=C(Nc1ccc(N2CCOCC2)nc1)c1cn(Cc2ccccc2)nc1-c1cccnc1. The van der Waals surface area contributed by atoms with Crippen LogP contribution in [0.3, 0.4) is 0 Å². The van der Waals surface area contributed by atoms with Crippen molar-refractivity contribution in [1.82, 2.24) is 19.7 Å². The third-order valence-corrected chi connectivity index (χ3v) is 5.47. The molecule has 0 saturated carbocycles. The minimum atomic E-state index is -0.242. The van der Waals surface area contributed by atoms with E-state index >= 15 is 0 Å². The van der Waals surface area contributed by atoms with Crippen LogP contribution < -0.4 is 10.2 Å². The number of anilines is 2. The largest absolute Gasteiger partial charge is 0.378 e. The van der Waals surface area contributed by atoms with Crippen molar-refractivity contribution in [3.8, 4) is 11.3 Å². The molecule has 0 atom stereocenters. The number of benzene rings is 1. The molecule has 33 heavy (non-hydrogen) atoms. The molecule has 0 aliphatic carbocycles. The highest BCUT2D eigenvalue weighted by atomic mass is 16.5. The Kier molecular flexibility index (Phi) is 6.08. The lowest BCUT2D eigenvalue weighted by molar-refractivity contribution is 0.102. The maximum absolute atomic E-state index is 13.2. The van der Waals surface area contributed by atoms with Crippen LogP contribution in [0.15, 0.2) is 79.4 Å². The van der Waals surface area contributed by atoms with Gasteiger partial charge < -0.3 is 15.0 Å². The fourth-order valence-electron chi connectivity index (χ4n) is 3.79. The minimum absolute atomic E-state index is 0.242. The molecule has 1 aliphatic rings. The smallest absolute Gasteiger partial charge is 0.259 e. The van der Waals surface area contributed by atoms with Gasteiger partial charge >= 0.3 is 0 Å². The average Bonchev–Trinajstić information content (AvgIpc) is 3.30. The van der Waals surface area contributed by atoms with Crippen LogP contribution in [0.2, 0.25) is 0 Å². The van der Waals surface area contributed by atoms with Gasteiger partial charge in [-0.05, 0) is 29.8 Å². The third kappa shape index (κ3) is 4.91. The Labute approximate surface area is 191 Å². The van der Waals surface area contributed by atoms with Crippen molar-refractivity contribution in [2.24, 2.45) is 0 Å². The quantitative estimate of drug-likeness (QED) is 0.494. The van der Waals surface area contributed by atoms with E-state index in [4.69, 9.17) is 9.84 Å². The monoisotopic (exact) mass is 440 g/mol. The summed E-state index contributed by atoms with van der Waals surface area (Å²) in [5.41, 5.74) is 3.60. The Bertz CT molecular complexity index is 1200. The van der Waals surface area contributed by atoms with Gasteiger partial charge in [-0.25, -0.2) is 4.98 Å². The molecule has 0 bridgehead atoms. The number of ether oxygens (including phenoxy) is 1. The Morgan fingerprint density at radius 2 is 1.85 bits per heavy atom. The Morgan fingerprint density at radius 1 is 1.00 bits per heavy atom. The number of rotatable bonds is 6. The summed E-state index contributed by atoms with van der Waals surface area (Å²) >= 11 is 0. The number of carbonyl (C=O) groups is 1. The first kappa shape index (κ1) is 20.8. The van der Waals surface area contributed by atoms with E-state index in [9.17, 15) is 4.79 Å². The van der Waals surface area contributed by atoms with Crippen LogP contribution in [0.4, 0.5) is 11.5 Å². The number of amides is 1. The van der Waals surface area contributed by atoms with Crippen LogP contribution in [0.1, 0.15) is 15.9 Å². The fourth-order valence-corrected chi connectivity index (χ4v) is 3.79. The predicted octanol–water partition coefficient (Wildman–Crippen LogP) is 3.48. The molecular weight excluding hydrogens is 416 g/mol. The molecule has 1 aromatic carbocycles. The Morgan fingerprint density at radius 3 is 2.58 bits per heavy atom.